The summed E-state index contributed by atoms with van der Waals surface area (Å²) in [5.41, 5.74) is 8.88. The molecule has 1 aromatic carbocycles. The molecule has 2 rings (SSSR count). The second-order valence-electron chi connectivity index (χ2n) is 5.59. The maximum Gasteiger partial charge on any atom is 0.306 e. The normalized spacial score (nSPS) is 19.6. The van der Waals surface area contributed by atoms with Crippen LogP contribution in [0.4, 0.5) is 11.4 Å². The third kappa shape index (κ3) is 3.67. The number of nitrogen functional groups attached to an aromatic ring is 1. The van der Waals surface area contributed by atoms with E-state index in [1.807, 2.05) is 18.2 Å². The van der Waals surface area contributed by atoms with Crippen molar-refractivity contribution < 1.29 is 14.6 Å². The van der Waals surface area contributed by atoms with Gasteiger partial charge >= 0.3 is 5.97 Å². The molecular weight excluding hydrogens is 268 g/mol. The van der Waals surface area contributed by atoms with Crippen LogP contribution in [0.1, 0.15) is 37.7 Å². The van der Waals surface area contributed by atoms with Crippen LogP contribution in [0.3, 0.4) is 0 Å². The first kappa shape index (κ1) is 15.6. The number of aliphatic hydroxyl groups excluding tert-OH is 1. The number of esters is 1. The molecular formula is C16H24N2O3. The van der Waals surface area contributed by atoms with E-state index in [4.69, 9.17) is 10.5 Å². The zero-order valence-corrected chi connectivity index (χ0v) is 12.7. The standard InChI is InChI=1S/C16H24N2O3/c1-3-11(9-16(20)21-2)12-4-5-15(14(17)8-12)18-7-6-13(19)10-18/h4-5,8,11,13,19H,3,6-7,9-10,17H2,1-2H3/t11?,13-/m0/s1. The number of β-amino-alcohol motifs (C(OH)–C–C–N with tert-alkyl or cyclic N) is 1. The van der Waals surface area contributed by atoms with E-state index in [1.54, 1.807) is 0 Å². The monoisotopic (exact) mass is 292 g/mol. The molecule has 1 unspecified atom stereocenters. The summed E-state index contributed by atoms with van der Waals surface area (Å²) in [7, 11) is 1.41. The maximum absolute atomic E-state index is 11.5. The van der Waals surface area contributed by atoms with Crippen molar-refractivity contribution in [2.24, 2.45) is 0 Å². The Kier molecular flexibility index (Phi) is 5.07. The first-order valence-electron chi connectivity index (χ1n) is 7.44. The van der Waals surface area contributed by atoms with E-state index in [9.17, 15) is 9.90 Å². The average molecular weight is 292 g/mol. The fraction of sp³-hybridized carbons (Fsp3) is 0.562. The largest absolute Gasteiger partial charge is 0.469 e. The van der Waals surface area contributed by atoms with Crippen molar-refractivity contribution in [1.82, 2.24) is 0 Å². The van der Waals surface area contributed by atoms with E-state index in [0.717, 1.165) is 30.6 Å². The molecule has 1 heterocycles. The van der Waals surface area contributed by atoms with Crippen LogP contribution >= 0.6 is 0 Å². The number of ether oxygens (including phenoxy) is 1. The van der Waals surface area contributed by atoms with Gasteiger partial charge < -0.3 is 20.5 Å². The Balaban J connectivity index is 2.15. The van der Waals surface area contributed by atoms with Gasteiger partial charge in [-0.3, -0.25) is 4.79 Å². The number of methoxy groups -OCH3 is 1. The number of hydrogen-bond acceptors (Lipinski definition) is 5. The lowest BCUT2D eigenvalue weighted by Crippen LogP contribution is -2.22. The Morgan fingerprint density at radius 2 is 2.33 bits per heavy atom. The number of hydrogen-bond donors (Lipinski definition) is 2. The Morgan fingerprint density at radius 1 is 1.57 bits per heavy atom. The van der Waals surface area contributed by atoms with Crippen molar-refractivity contribution in [1.29, 1.82) is 0 Å². The Bertz CT molecular complexity index is 504. The molecule has 1 aliphatic heterocycles. The summed E-state index contributed by atoms with van der Waals surface area (Å²) in [6.07, 6.45) is 1.73. The highest BCUT2D eigenvalue weighted by Gasteiger charge is 2.23. The van der Waals surface area contributed by atoms with Gasteiger partial charge in [-0.05, 0) is 36.5 Å². The van der Waals surface area contributed by atoms with Crippen LogP contribution in [-0.2, 0) is 9.53 Å². The Hall–Kier alpha value is -1.75. The quantitative estimate of drug-likeness (QED) is 0.640. The first-order valence-corrected chi connectivity index (χ1v) is 7.44. The molecule has 0 amide bonds. The van der Waals surface area contributed by atoms with Gasteiger partial charge in [-0.1, -0.05) is 13.0 Å². The molecule has 5 nitrogen and oxygen atoms in total. The minimum absolute atomic E-state index is 0.123. The first-order chi connectivity index (χ1) is 10.0. The smallest absolute Gasteiger partial charge is 0.306 e. The lowest BCUT2D eigenvalue weighted by Gasteiger charge is -2.22. The highest BCUT2D eigenvalue weighted by Crippen LogP contribution is 2.32. The van der Waals surface area contributed by atoms with Crippen LogP contribution in [-0.4, -0.2) is 37.4 Å². The van der Waals surface area contributed by atoms with Gasteiger partial charge in [0.1, 0.15) is 0 Å². The van der Waals surface area contributed by atoms with E-state index in [0.29, 0.717) is 18.7 Å². The molecule has 0 spiro atoms. The second kappa shape index (κ2) is 6.80. The molecule has 0 bridgehead atoms. The van der Waals surface area contributed by atoms with Crippen LogP contribution in [0, 0.1) is 0 Å². The van der Waals surface area contributed by atoms with E-state index in [-0.39, 0.29) is 18.0 Å². The predicted molar refractivity (Wildman–Crippen MR) is 83.4 cm³/mol. The molecule has 2 atom stereocenters. The van der Waals surface area contributed by atoms with Crippen LogP contribution < -0.4 is 10.6 Å². The minimum atomic E-state index is -0.271. The third-order valence-electron chi connectivity index (χ3n) is 4.16. The van der Waals surface area contributed by atoms with Gasteiger partial charge in [-0.25, -0.2) is 0 Å². The third-order valence-corrected chi connectivity index (χ3v) is 4.16. The van der Waals surface area contributed by atoms with Gasteiger partial charge in [0.05, 0.1) is 31.0 Å². The molecule has 1 aliphatic rings. The molecule has 1 fully saturated rings. The second-order valence-corrected chi connectivity index (χ2v) is 5.59. The predicted octanol–water partition coefficient (Wildman–Crippen LogP) is 1.90. The summed E-state index contributed by atoms with van der Waals surface area (Å²) in [6.45, 7) is 3.50. The number of nitrogens with zero attached hydrogens (tertiary/aromatic N) is 1. The highest BCUT2D eigenvalue weighted by molar-refractivity contribution is 5.72. The van der Waals surface area contributed by atoms with Crippen molar-refractivity contribution in [3.05, 3.63) is 23.8 Å². The van der Waals surface area contributed by atoms with Crippen molar-refractivity contribution in [3.8, 4) is 0 Å². The van der Waals surface area contributed by atoms with Gasteiger partial charge in [-0.2, -0.15) is 0 Å². The van der Waals surface area contributed by atoms with Crippen LogP contribution in [0.15, 0.2) is 18.2 Å². The molecule has 1 saturated heterocycles. The van der Waals surface area contributed by atoms with Gasteiger partial charge in [0.25, 0.3) is 0 Å². The fourth-order valence-corrected chi connectivity index (χ4v) is 2.86. The zero-order valence-electron chi connectivity index (χ0n) is 12.7. The van der Waals surface area contributed by atoms with Crippen LogP contribution in [0.5, 0.6) is 0 Å². The summed E-state index contributed by atoms with van der Waals surface area (Å²) in [5, 5.41) is 9.63. The minimum Gasteiger partial charge on any atom is -0.469 e. The lowest BCUT2D eigenvalue weighted by atomic mass is 9.92. The number of benzene rings is 1. The number of aliphatic hydroxyl groups is 1. The molecule has 1 aromatic rings. The molecule has 3 N–H and O–H groups in total. The van der Waals surface area contributed by atoms with Gasteiger partial charge in [0, 0.05) is 13.1 Å². The molecule has 21 heavy (non-hydrogen) atoms. The van der Waals surface area contributed by atoms with Crippen LogP contribution in [0.2, 0.25) is 0 Å². The van der Waals surface area contributed by atoms with E-state index >= 15 is 0 Å². The molecule has 0 aromatic heterocycles. The van der Waals surface area contributed by atoms with Gasteiger partial charge in [-0.15, -0.1) is 0 Å². The average Bonchev–Trinajstić information content (AvgIpc) is 2.90. The number of nitrogens with two attached hydrogens (primary N) is 1. The van der Waals surface area contributed by atoms with E-state index < -0.39 is 0 Å². The molecule has 0 aliphatic carbocycles. The molecule has 0 saturated carbocycles. The van der Waals surface area contributed by atoms with Crippen molar-refractivity contribution in [2.75, 3.05) is 30.8 Å². The highest BCUT2D eigenvalue weighted by atomic mass is 16.5. The van der Waals surface area contributed by atoms with Crippen LogP contribution in [0.25, 0.3) is 0 Å². The Morgan fingerprint density at radius 3 is 2.86 bits per heavy atom. The van der Waals surface area contributed by atoms with E-state index in [2.05, 4.69) is 11.8 Å². The summed E-state index contributed by atoms with van der Waals surface area (Å²) >= 11 is 0. The fourth-order valence-electron chi connectivity index (χ4n) is 2.86. The molecule has 116 valence electrons. The van der Waals surface area contributed by atoms with Crippen molar-refractivity contribution in [2.45, 2.75) is 38.2 Å². The zero-order chi connectivity index (χ0) is 15.4. The molecule has 5 heteroatoms. The van der Waals surface area contributed by atoms with Crippen molar-refractivity contribution >= 4 is 17.3 Å². The Labute approximate surface area is 125 Å². The topological polar surface area (TPSA) is 75.8 Å². The summed E-state index contributed by atoms with van der Waals surface area (Å²) in [5.74, 6) is -0.0786. The number of anilines is 2. The van der Waals surface area contributed by atoms with Crippen molar-refractivity contribution in [3.63, 3.8) is 0 Å². The number of carbonyl (C=O) groups is 1. The van der Waals surface area contributed by atoms with Gasteiger partial charge in [0.2, 0.25) is 0 Å². The summed E-state index contributed by atoms with van der Waals surface area (Å²) in [6, 6.07) is 5.95. The maximum atomic E-state index is 11.5. The van der Waals surface area contributed by atoms with Gasteiger partial charge in [0.15, 0.2) is 0 Å². The van der Waals surface area contributed by atoms with E-state index in [1.165, 1.54) is 7.11 Å². The summed E-state index contributed by atoms with van der Waals surface area (Å²) < 4.78 is 4.74. The summed E-state index contributed by atoms with van der Waals surface area (Å²) in [4.78, 5) is 13.6. The number of carbonyl (C=O) groups excluding carboxylic acids is 1. The number of rotatable bonds is 5. The lowest BCUT2D eigenvalue weighted by molar-refractivity contribution is -0.141. The SMILES string of the molecule is CCC(CC(=O)OC)c1ccc(N2CC[C@H](O)C2)c(N)c1. The molecule has 0 radical (unpaired) electrons.